The summed E-state index contributed by atoms with van der Waals surface area (Å²) in [5.41, 5.74) is -1.25. The number of carbonyl (C=O) groups is 2. The van der Waals surface area contributed by atoms with Gasteiger partial charge in [-0.05, 0) is 66.6 Å². The summed E-state index contributed by atoms with van der Waals surface area (Å²) in [5, 5.41) is 13.9. The third-order valence-electron chi connectivity index (χ3n) is 6.92. The van der Waals surface area contributed by atoms with Crippen molar-refractivity contribution in [2.45, 2.75) is 37.7 Å². The summed E-state index contributed by atoms with van der Waals surface area (Å²) in [7, 11) is 0. The number of halogens is 3. The fraction of sp³-hybridized carbons (Fsp3) is 0.417. The molecule has 1 unspecified atom stereocenters. The molecular formula is C24H25ClF2N2O3. The van der Waals surface area contributed by atoms with Gasteiger partial charge in [-0.15, -0.1) is 0 Å². The van der Waals surface area contributed by atoms with Gasteiger partial charge >= 0.3 is 0 Å². The van der Waals surface area contributed by atoms with Crippen molar-refractivity contribution in [2.24, 2.45) is 5.41 Å². The van der Waals surface area contributed by atoms with Crippen molar-refractivity contribution in [3.63, 3.8) is 0 Å². The first-order valence-corrected chi connectivity index (χ1v) is 11.0. The minimum absolute atomic E-state index is 0.000545. The molecule has 2 fully saturated rings. The van der Waals surface area contributed by atoms with Gasteiger partial charge in [0.05, 0.1) is 0 Å². The van der Waals surface area contributed by atoms with Crippen molar-refractivity contribution in [2.75, 3.05) is 19.6 Å². The second-order valence-electron chi connectivity index (χ2n) is 8.97. The lowest BCUT2D eigenvalue weighted by Gasteiger charge is -2.49. The number of carbonyl (C=O) groups excluding carboxylic acids is 2. The zero-order valence-corrected chi connectivity index (χ0v) is 18.5. The normalized spacial score (nSPS) is 22.3. The van der Waals surface area contributed by atoms with Crippen LogP contribution >= 0.6 is 11.6 Å². The molecule has 8 heteroatoms. The first-order chi connectivity index (χ1) is 15.1. The predicted molar refractivity (Wildman–Crippen MR) is 116 cm³/mol. The summed E-state index contributed by atoms with van der Waals surface area (Å²) >= 11 is 5.90. The van der Waals surface area contributed by atoms with Crippen molar-refractivity contribution < 1.29 is 23.5 Å². The van der Waals surface area contributed by atoms with Crippen LogP contribution in [0.15, 0.2) is 42.5 Å². The van der Waals surface area contributed by atoms with Crippen LogP contribution in [0.5, 0.6) is 0 Å². The van der Waals surface area contributed by atoms with Crippen LogP contribution in [-0.4, -0.2) is 41.5 Å². The second-order valence-corrected chi connectivity index (χ2v) is 9.41. The largest absolute Gasteiger partial charge is 0.376 e. The standard InChI is InChI=1S/C24H25ClF2N2O3/c1-23(32,16-10-17(25)12-19(27)11-16)22(31)29-8-6-24(7-9-29)13-21(30)28-14-20(24)15-2-4-18(26)5-3-15/h2-5,10-12,20,32H,6-9,13-14H2,1H3,(H,28,30)/t20-,23?/m0/s1. The van der Waals surface area contributed by atoms with Gasteiger partial charge in [0.25, 0.3) is 5.91 Å². The van der Waals surface area contributed by atoms with Crippen molar-refractivity contribution in [3.05, 3.63) is 70.2 Å². The molecule has 170 valence electrons. The molecule has 0 radical (unpaired) electrons. The van der Waals surface area contributed by atoms with Gasteiger partial charge in [-0.25, -0.2) is 8.78 Å². The summed E-state index contributed by atoms with van der Waals surface area (Å²) in [6.45, 7) is 2.49. The Hall–Kier alpha value is -2.51. The lowest BCUT2D eigenvalue weighted by atomic mass is 9.62. The van der Waals surface area contributed by atoms with Gasteiger partial charge in [0, 0.05) is 37.0 Å². The van der Waals surface area contributed by atoms with Crippen LogP contribution in [-0.2, 0) is 15.2 Å². The van der Waals surface area contributed by atoms with Crippen molar-refractivity contribution in [1.29, 1.82) is 0 Å². The maximum Gasteiger partial charge on any atom is 0.258 e. The first-order valence-electron chi connectivity index (χ1n) is 10.6. The smallest absolute Gasteiger partial charge is 0.258 e. The third-order valence-corrected chi connectivity index (χ3v) is 7.13. The van der Waals surface area contributed by atoms with Crippen LogP contribution in [0, 0.1) is 17.0 Å². The predicted octanol–water partition coefficient (Wildman–Crippen LogP) is 3.74. The van der Waals surface area contributed by atoms with E-state index in [0.717, 1.165) is 17.7 Å². The van der Waals surface area contributed by atoms with Gasteiger partial charge < -0.3 is 15.3 Å². The summed E-state index contributed by atoms with van der Waals surface area (Å²) in [5.74, 6) is -1.52. The number of hydrogen-bond donors (Lipinski definition) is 2. The van der Waals surface area contributed by atoms with E-state index < -0.39 is 17.3 Å². The Morgan fingerprint density at radius 2 is 1.81 bits per heavy atom. The topological polar surface area (TPSA) is 69.6 Å². The van der Waals surface area contributed by atoms with Crippen LogP contribution in [0.2, 0.25) is 5.02 Å². The Morgan fingerprint density at radius 1 is 1.16 bits per heavy atom. The highest BCUT2D eigenvalue weighted by atomic mass is 35.5. The number of aliphatic hydroxyl groups is 1. The highest BCUT2D eigenvalue weighted by Gasteiger charge is 2.48. The molecule has 32 heavy (non-hydrogen) atoms. The molecule has 2 aliphatic rings. The van der Waals surface area contributed by atoms with Crippen LogP contribution in [0.25, 0.3) is 0 Å². The van der Waals surface area contributed by atoms with Crippen molar-refractivity contribution in [3.8, 4) is 0 Å². The Kier molecular flexibility index (Phi) is 5.98. The summed E-state index contributed by atoms with van der Waals surface area (Å²) in [6.07, 6.45) is 1.45. The fourth-order valence-corrected chi connectivity index (χ4v) is 5.27. The fourth-order valence-electron chi connectivity index (χ4n) is 5.05. The number of nitrogens with one attached hydrogen (secondary N) is 1. The van der Waals surface area contributed by atoms with Crippen LogP contribution in [0.3, 0.4) is 0 Å². The zero-order valence-electron chi connectivity index (χ0n) is 17.7. The van der Waals surface area contributed by atoms with Crippen LogP contribution in [0.1, 0.15) is 43.2 Å². The minimum Gasteiger partial charge on any atom is -0.376 e. The van der Waals surface area contributed by atoms with Gasteiger partial charge in [-0.1, -0.05) is 23.7 Å². The Labute approximate surface area is 190 Å². The molecule has 2 saturated heterocycles. The number of amides is 2. The first kappa shape index (κ1) is 22.7. The van der Waals surface area contributed by atoms with E-state index in [1.54, 1.807) is 17.0 Å². The van der Waals surface area contributed by atoms with Gasteiger partial charge in [-0.3, -0.25) is 9.59 Å². The lowest BCUT2D eigenvalue weighted by Crippen LogP contribution is -2.55. The average Bonchev–Trinajstić information content (AvgIpc) is 2.74. The van der Waals surface area contributed by atoms with Crippen molar-refractivity contribution in [1.82, 2.24) is 10.2 Å². The van der Waals surface area contributed by atoms with Gasteiger partial charge in [0.2, 0.25) is 5.91 Å². The van der Waals surface area contributed by atoms with Crippen LogP contribution in [0.4, 0.5) is 8.78 Å². The number of hydrogen-bond acceptors (Lipinski definition) is 3. The quantitative estimate of drug-likeness (QED) is 0.730. The summed E-state index contributed by atoms with van der Waals surface area (Å²) < 4.78 is 27.2. The van der Waals surface area contributed by atoms with E-state index in [-0.39, 0.29) is 33.6 Å². The molecule has 0 bridgehead atoms. The SMILES string of the molecule is CC(O)(C(=O)N1CCC2(CC1)CC(=O)NC[C@H]2c1ccc(F)cc1)c1cc(F)cc(Cl)c1. The average molecular weight is 463 g/mol. The van der Waals surface area contributed by atoms with Crippen LogP contribution < -0.4 is 5.32 Å². The van der Waals surface area contributed by atoms with Gasteiger partial charge in [-0.2, -0.15) is 0 Å². The molecule has 0 aromatic heterocycles. The highest BCUT2D eigenvalue weighted by Crippen LogP contribution is 2.49. The number of piperidine rings is 2. The number of likely N-dealkylation sites (tertiary alicyclic amines) is 1. The van der Waals surface area contributed by atoms with E-state index in [1.165, 1.54) is 25.1 Å². The number of benzene rings is 2. The molecular weight excluding hydrogens is 438 g/mol. The molecule has 2 amide bonds. The van der Waals surface area contributed by atoms with E-state index in [2.05, 4.69) is 5.32 Å². The third kappa shape index (κ3) is 4.24. The molecule has 2 atom stereocenters. The maximum absolute atomic E-state index is 13.8. The molecule has 4 rings (SSSR count). The number of rotatable bonds is 3. The lowest BCUT2D eigenvalue weighted by molar-refractivity contribution is -0.154. The maximum atomic E-state index is 13.8. The molecule has 2 aromatic rings. The van der Waals surface area contributed by atoms with Gasteiger partial charge in [0.15, 0.2) is 5.60 Å². The number of nitrogens with zero attached hydrogens (tertiary/aromatic N) is 1. The Morgan fingerprint density at radius 3 is 2.44 bits per heavy atom. The second kappa shape index (κ2) is 8.45. The van der Waals surface area contributed by atoms with E-state index in [9.17, 15) is 23.5 Å². The Bertz CT molecular complexity index is 1010. The van der Waals surface area contributed by atoms with E-state index in [0.29, 0.717) is 38.9 Å². The molecule has 2 aliphatic heterocycles. The molecule has 2 aromatic carbocycles. The molecule has 1 spiro atoms. The minimum atomic E-state index is -1.93. The highest BCUT2D eigenvalue weighted by molar-refractivity contribution is 6.30. The molecule has 0 aliphatic carbocycles. The summed E-state index contributed by atoms with van der Waals surface area (Å²) in [4.78, 5) is 27.0. The monoisotopic (exact) mass is 462 g/mol. The van der Waals surface area contributed by atoms with Crippen molar-refractivity contribution >= 4 is 23.4 Å². The van der Waals surface area contributed by atoms with E-state index in [4.69, 9.17) is 11.6 Å². The molecule has 5 nitrogen and oxygen atoms in total. The molecule has 2 heterocycles. The zero-order chi connectivity index (χ0) is 23.1. The Balaban J connectivity index is 1.54. The van der Waals surface area contributed by atoms with E-state index >= 15 is 0 Å². The summed E-state index contributed by atoms with van der Waals surface area (Å²) in [6, 6.07) is 9.92. The molecule has 2 N–H and O–H groups in total. The van der Waals surface area contributed by atoms with E-state index in [1.807, 2.05) is 0 Å². The van der Waals surface area contributed by atoms with Gasteiger partial charge in [0.1, 0.15) is 11.6 Å². The molecule has 0 saturated carbocycles.